The van der Waals surface area contributed by atoms with Gasteiger partial charge in [0.15, 0.2) is 0 Å². The summed E-state index contributed by atoms with van der Waals surface area (Å²) in [5.41, 5.74) is 0. The molecule has 2 aromatic rings. The Labute approximate surface area is 188 Å². The van der Waals surface area contributed by atoms with Crippen LogP contribution in [0.1, 0.15) is 72.6 Å². The molecule has 0 aliphatic heterocycles. The van der Waals surface area contributed by atoms with E-state index in [1.165, 1.54) is 44.9 Å². The van der Waals surface area contributed by atoms with Crippen molar-refractivity contribution in [2.75, 3.05) is 6.61 Å². The van der Waals surface area contributed by atoms with Crippen molar-refractivity contribution in [1.82, 2.24) is 0 Å². The van der Waals surface area contributed by atoms with Gasteiger partial charge in [0.1, 0.15) is 4.90 Å². The maximum atomic E-state index is 12.5. The van der Waals surface area contributed by atoms with E-state index in [9.17, 15) is 8.42 Å². The van der Waals surface area contributed by atoms with E-state index in [0.29, 0.717) is 0 Å². The Balaban J connectivity index is 0.00000364. The molecule has 3 nitrogen and oxygen atoms in total. The van der Waals surface area contributed by atoms with Crippen LogP contribution in [0.2, 0.25) is 0 Å². The summed E-state index contributed by atoms with van der Waals surface area (Å²) in [6, 6.07) is 12.8. The molecule has 0 saturated carbocycles. The summed E-state index contributed by atoms with van der Waals surface area (Å²) in [7, 11) is -3.70. The second kappa shape index (κ2) is 13.7. The average molecular weight is 401 g/mol. The van der Waals surface area contributed by atoms with Crippen LogP contribution in [0.25, 0.3) is 10.8 Å². The summed E-state index contributed by atoms with van der Waals surface area (Å²) >= 11 is 0. The topological polar surface area (TPSA) is 43.4 Å². The molecule has 146 valence electrons. The van der Waals surface area contributed by atoms with Crippen LogP contribution in [0, 0.1) is 0 Å². The summed E-state index contributed by atoms with van der Waals surface area (Å²) in [5.74, 6) is 0. The van der Waals surface area contributed by atoms with Crippen molar-refractivity contribution in [3.8, 4) is 0 Å². The van der Waals surface area contributed by atoms with Crippen LogP contribution in [0.15, 0.2) is 47.4 Å². The monoisotopic (exact) mass is 400 g/mol. The molecule has 0 amide bonds. The Kier molecular flexibility index (Phi) is 12.5. The summed E-state index contributed by atoms with van der Waals surface area (Å²) in [5, 5.41) is 1.63. The maximum absolute atomic E-state index is 12.5. The first kappa shape index (κ1) is 24.6. The van der Waals surface area contributed by atoms with Gasteiger partial charge in [-0.25, -0.2) is 0 Å². The van der Waals surface area contributed by atoms with Crippen molar-refractivity contribution in [2.24, 2.45) is 0 Å². The first-order valence-electron chi connectivity index (χ1n) is 10.0. The van der Waals surface area contributed by atoms with Gasteiger partial charge in [0.25, 0.3) is 10.1 Å². The Morgan fingerprint density at radius 1 is 0.778 bits per heavy atom. The van der Waals surface area contributed by atoms with Gasteiger partial charge in [-0.2, -0.15) is 8.42 Å². The van der Waals surface area contributed by atoms with Crippen molar-refractivity contribution in [2.45, 2.75) is 76.0 Å². The number of fused-ring (bicyclic) bond motifs is 1. The predicted octanol–water partition coefficient (Wildman–Crippen LogP) is 3.58. The Morgan fingerprint density at radius 2 is 1.33 bits per heavy atom. The third kappa shape index (κ3) is 8.66. The van der Waals surface area contributed by atoms with Gasteiger partial charge in [0.2, 0.25) is 0 Å². The van der Waals surface area contributed by atoms with E-state index in [1.807, 2.05) is 30.3 Å². The minimum atomic E-state index is -3.70. The van der Waals surface area contributed by atoms with E-state index in [0.717, 1.165) is 30.0 Å². The maximum Gasteiger partial charge on any atom is 1.00 e. The first-order chi connectivity index (χ1) is 12.6. The van der Waals surface area contributed by atoms with E-state index in [2.05, 4.69) is 6.92 Å². The summed E-state index contributed by atoms with van der Waals surface area (Å²) in [4.78, 5) is 0.266. The van der Waals surface area contributed by atoms with Crippen LogP contribution in [-0.2, 0) is 14.3 Å². The largest absolute Gasteiger partial charge is 1.00 e. The molecule has 0 aliphatic carbocycles. The number of benzene rings is 2. The van der Waals surface area contributed by atoms with Crippen LogP contribution in [-0.4, -0.2) is 15.0 Å². The van der Waals surface area contributed by atoms with Gasteiger partial charge in [0.05, 0.1) is 6.61 Å². The number of unbranched alkanes of at least 4 members (excludes halogenated alkanes) is 9. The molecule has 0 radical (unpaired) electrons. The van der Waals surface area contributed by atoms with E-state index in [-0.39, 0.29) is 42.5 Å². The average Bonchev–Trinajstić information content (AvgIpc) is 2.65. The minimum Gasteiger partial charge on any atom is -1.00 e. The summed E-state index contributed by atoms with van der Waals surface area (Å²) in [6.07, 6.45) is 12.2. The van der Waals surface area contributed by atoms with E-state index in [4.69, 9.17) is 4.18 Å². The summed E-state index contributed by atoms with van der Waals surface area (Å²) in [6.45, 7) is 2.50. The van der Waals surface area contributed by atoms with E-state index < -0.39 is 10.1 Å². The van der Waals surface area contributed by atoms with Gasteiger partial charge < -0.3 is 1.43 Å². The predicted molar refractivity (Wildman–Crippen MR) is 110 cm³/mol. The van der Waals surface area contributed by atoms with Crippen LogP contribution < -0.4 is 29.6 Å². The van der Waals surface area contributed by atoms with Gasteiger partial charge in [0, 0.05) is 5.39 Å². The standard InChI is InChI=1S/C22H32O3S.Na.H/c1-2-3-4-5-6-7-8-9-10-13-19-25-26(23,24)22-18-14-16-20-15-11-12-17-21(20)22;;/h11-12,14-18H,2-10,13,19H2,1H3;;/q;+1;-1. The molecule has 0 saturated heterocycles. The van der Waals surface area contributed by atoms with E-state index in [1.54, 1.807) is 12.1 Å². The minimum absolute atomic E-state index is 0. The van der Waals surface area contributed by atoms with Crippen LogP contribution in [0.5, 0.6) is 0 Å². The molecule has 0 N–H and O–H groups in total. The second-order valence-electron chi connectivity index (χ2n) is 6.94. The molecule has 2 rings (SSSR count). The van der Waals surface area contributed by atoms with Crippen molar-refractivity contribution >= 4 is 20.9 Å². The second-order valence-corrected chi connectivity index (χ2v) is 8.52. The van der Waals surface area contributed by atoms with Gasteiger partial charge in [-0.3, -0.25) is 4.18 Å². The number of hydrogen-bond donors (Lipinski definition) is 0. The summed E-state index contributed by atoms with van der Waals surface area (Å²) < 4.78 is 30.2. The molecule has 0 bridgehead atoms. The molecule has 0 fully saturated rings. The number of rotatable bonds is 13. The molecule has 0 spiro atoms. The molecular formula is C22H33NaO3S. The smallest absolute Gasteiger partial charge is 1.00 e. The Hall–Kier alpha value is -0.390. The van der Waals surface area contributed by atoms with Crippen molar-refractivity contribution in [1.29, 1.82) is 0 Å². The molecule has 0 aromatic heterocycles. The fraction of sp³-hybridized carbons (Fsp3) is 0.545. The zero-order valence-corrected chi connectivity index (χ0v) is 19.8. The van der Waals surface area contributed by atoms with Gasteiger partial charge in [-0.1, -0.05) is 101 Å². The normalized spacial score (nSPS) is 11.4. The molecule has 5 heteroatoms. The molecular weight excluding hydrogens is 367 g/mol. The van der Waals surface area contributed by atoms with Crippen LogP contribution in [0.4, 0.5) is 0 Å². The van der Waals surface area contributed by atoms with Crippen molar-refractivity contribution < 1.29 is 43.6 Å². The zero-order chi connectivity index (χ0) is 18.7. The van der Waals surface area contributed by atoms with Gasteiger partial charge in [-0.05, 0) is 17.9 Å². The molecule has 0 atom stereocenters. The zero-order valence-electron chi connectivity index (χ0n) is 18.0. The first-order valence-corrected chi connectivity index (χ1v) is 11.4. The third-order valence-corrected chi connectivity index (χ3v) is 6.13. The third-order valence-electron chi connectivity index (χ3n) is 4.76. The Bertz CT molecular complexity index is 760. The molecule has 0 heterocycles. The van der Waals surface area contributed by atoms with Crippen LogP contribution in [0.3, 0.4) is 0 Å². The Morgan fingerprint density at radius 3 is 2.00 bits per heavy atom. The van der Waals surface area contributed by atoms with Crippen molar-refractivity contribution in [3.05, 3.63) is 42.5 Å². The van der Waals surface area contributed by atoms with Gasteiger partial charge >= 0.3 is 29.6 Å². The molecule has 2 aromatic carbocycles. The quantitative estimate of drug-likeness (QED) is 0.293. The van der Waals surface area contributed by atoms with Gasteiger partial charge in [-0.15, -0.1) is 0 Å². The number of hydrogen-bond acceptors (Lipinski definition) is 3. The SMILES string of the molecule is CCCCCCCCCCCCOS(=O)(=O)c1cccc2ccccc12.[H-].[Na+]. The van der Waals surface area contributed by atoms with Crippen molar-refractivity contribution in [3.63, 3.8) is 0 Å². The molecule has 27 heavy (non-hydrogen) atoms. The van der Waals surface area contributed by atoms with E-state index >= 15 is 0 Å². The molecule has 0 unspecified atom stereocenters. The fourth-order valence-electron chi connectivity index (χ4n) is 3.24. The molecule has 0 aliphatic rings. The van der Waals surface area contributed by atoms with Crippen LogP contribution >= 0.6 is 0 Å². The fourth-order valence-corrected chi connectivity index (χ4v) is 4.40.